The average Bonchev–Trinajstić information content (AvgIpc) is 2.71. The van der Waals surface area contributed by atoms with Gasteiger partial charge in [0.15, 0.2) is 0 Å². The third-order valence-electron chi connectivity index (χ3n) is 4.54. The minimum absolute atomic E-state index is 0.0504. The molecule has 0 aliphatic carbocycles. The van der Waals surface area contributed by atoms with E-state index in [2.05, 4.69) is 5.32 Å². The van der Waals surface area contributed by atoms with Crippen LogP contribution in [0.4, 0.5) is 13.2 Å². The second-order valence-electron chi connectivity index (χ2n) is 6.74. The van der Waals surface area contributed by atoms with Crippen LogP contribution < -0.4 is 5.32 Å². The number of alkyl halides is 3. The van der Waals surface area contributed by atoms with E-state index in [0.717, 1.165) is 27.2 Å². The topological polar surface area (TPSA) is 66.5 Å². The molecule has 0 bridgehead atoms. The number of halogens is 3. The van der Waals surface area contributed by atoms with Crippen LogP contribution in [-0.4, -0.2) is 32.2 Å². The SMILES string of the molecule is CN(CC(=O)NCc1cccc(C(F)(F)F)c1)S(=O)(=O)c1ccc2ccccc2c1. The molecule has 5 nitrogen and oxygen atoms in total. The molecule has 0 aliphatic rings. The van der Waals surface area contributed by atoms with Gasteiger partial charge in [-0.2, -0.15) is 17.5 Å². The van der Waals surface area contributed by atoms with Crippen LogP contribution in [0, 0.1) is 0 Å². The lowest BCUT2D eigenvalue weighted by Gasteiger charge is -2.17. The molecule has 9 heteroatoms. The zero-order valence-corrected chi connectivity index (χ0v) is 16.8. The van der Waals surface area contributed by atoms with Gasteiger partial charge in [0.25, 0.3) is 0 Å². The largest absolute Gasteiger partial charge is 0.416 e. The maximum atomic E-state index is 12.8. The summed E-state index contributed by atoms with van der Waals surface area (Å²) in [5, 5.41) is 4.09. The summed E-state index contributed by atoms with van der Waals surface area (Å²) in [5.41, 5.74) is -0.552. The standard InChI is InChI=1S/C21H19F3N2O3S/c1-26(30(28,29)19-10-9-16-6-2-3-7-17(16)12-19)14-20(27)25-13-15-5-4-8-18(11-15)21(22,23)24/h2-12H,13-14H2,1H3,(H,25,27). The van der Waals surface area contributed by atoms with Gasteiger partial charge in [-0.05, 0) is 40.6 Å². The van der Waals surface area contributed by atoms with Crippen LogP contribution in [0.25, 0.3) is 10.8 Å². The zero-order valence-electron chi connectivity index (χ0n) is 16.0. The van der Waals surface area contributed by atoms with Crippen LogP contribution in [-0.2, 0) is 27.5 Å². The molecule has 0 saturated heterocycles. The fraction of sp³-hybridized carbons (Fsp3) is 0.190. The number of hydrogen-bond donors (Lipinski definition) is 1. The molecule has 0 spiro atoms. The van der Waals surface area contributed by atoms with E-state index in [-0.39, 0.29) is 17.0 Å². The summed E-state index contributed by atoms with van der Waals surface area (Å²) >= 11 is 0. The van der Waals surface area contributed by atoms with Gasteiger partial charge in [-0.15, -0.1) is 0 Å². The van der Waals surface area contributed by atoms with E-state index in [1.54, 1.807) is 18.2 Å². The molecule has 1 amide bonds. The summed E-state index contributed by atoms with van der Waals surface area (Å²) in [7, 11) is -2.64. The second kappa shape index (κ2) is 8.45. The lowest BCUT2D eigenvalue weighted by Crippen LogP contribution is -2.38. The highest BCUT2D eigenvalue weighted by Gasteiger charge is 2.30. The average molecular weight is 436 g/mol. The normalized spacial score (nSPS) is 12.3. The molecule has 0 aliphatic heterocycles. The molecular weight excluding hydrogens is 417 g/mol. The molecule has 0 saturated carbocycles. The fourth-order valence-electron chi connectivity index (χ4n) is 2.91. The smallest absolute Gasteiger partial charge is 0.351 e. The molecule has 3 aromatic carbocycles. The Hall–Kier alpha value is -2.91. The number of benzene rings is 3. The first kappa shape index (κ1) is 21.8. The number of rotatable bonds is 6. The van der Waals surface area contributed by atoms with E-state index < -0.39 is 34.2 Å². The molecule has 30 heavy (non-hydrogen) atoms. The summed E-state index contributed by atoms with van der Waals surface area (Å²) < 4.78 is 64.7. The van der Waals surface area contributed by atoms with Crippen molar-refractivity contribution in [2.24, 2.45) is 0 Å². The van der Waals surface area contributed by atoms with Gasteiger partial charge in [0.05, 0.1) is 17.0 Å². The summed E-state index contributed by atoms with van der Waals surface area (Å²) in [6.45, 7) is -0.610. The third kappa shape index (κ3) is 4.98. The van der Waals surface area contributed by atoms with Crippen molar-refractivity contribution in [3.05, 3.63) is 77.9 Å². The number of carbonyl (C=O) groups is 1. The van der Waals surface area contributed by atoms with Crippen LogP contribution in [0.3, 0.4) is 0 Å². The molecule has 0 atom stereocenters. The van der Waals surface area contributed by atoms with Gasteiger partial charge in [0.2, 0.25) is 15.9 Å². The first-order valence-electron chi connectivity index (χ1n) is 8.95. The maximum Gasteiger partial charge on any atom is 0.416 e. The van der Waals surface area contributed by atoms with Gasteiger partial charge in [-0.1, -0.05) is 42.5 Å². The maximum absolute atomic E-state index is 12.8. The minimum atomic E-state index is -4.48. The van der Waals surface area contributed by atoms with Crippen molar-refractivity contribution in [2.45, 2.75) is 17.6 Å². The summed E-state index contributed by atoms with van der Waals surface area (Å²) in [5.74, 6) is -0.626. The highest BCUT2D eigenvalue weighted by Crippen LogP contribution is 2.29. The van der Waals surface area contributed by atoms with Crippen LogP contribution in [0.15, 0.2) is 71.6 Å². The molecule has 0 unspecified atom stereocenters. The van der Waals surface area contributed by atoms with Crippen molar-refractivity contribution in [1.82, 2.24) is 9.62 Å². The van der Waals surface area contributed by atoms with Gasteiger partial charge in [0.1, 0.15) is 0 Å². The van der Waals surface area contributed by atoms with Crippen molar-refractivity contribution >= 4 is 26.7 Å². The first-order chi connectivity index (χ1) is 14.1. The molecule has 3 aromatic rings. The number of amides is 1. The van der Waals surface area contributed by atoms with Crippen molar-refractivity contribution in [1.29, 1.82) is 0 Å². The number of fused-ring (bicyclic) bond motifs is 1. The second-order valence-corrected chi connectivity index (χ2v) is 8.79. The van der Waals surface area contributed by atoms with E-state index in [1.165, 1.54) is 31.3 Å². The highest BCUT2D eigenvalue weighted by atomic mass is 32.2. The van der Waals surface area contributed by atoms with Gasteiger partial charge in [0, 0.05) is 13.6 Å². The Bertz CT molecular complexity index is 1180. The molecule has 158 valence electrons. The quantitative estimate of drug-likeness (QED) is 0.639. The highest BCUT2D eigenvalue weighted by molar-refractivity contribution is 7.89. The van der Waals surface area contributed by atoms with Crippen LogP contribution in [0.5, 0.6) is 0 Å². The number of sulfonamides is 1. The third-order valence-corrected chi connectivity index (χ3v) is 6.34. The Kier molecular flexibility index (Phi) is 6.14. The summed E-state index contributed by atoms with van der Waals surface area (Å²) in [6, 6.07) is 16.5. The number of likely N-dealkylation sites (N-methyl/N-ethyl adjacent to an activating group) is 1. The summed E-state index contributed by atoms with van der Waals surface area (Å²) in [4.78, 5) is 12.2. The Morgan fingerprint density at radius 2 is 1.67 bits per heavy atom. The van der Waals surface area contributed by atoms with Crippen molar-refractivity contribution in [3.63, 3.8) is 0 Å². The zero-order chi connectivity index (χ0) is 21.9. The van der Waals surface area contributed by atoms with Gasteiger partial charge >= 0.3 is 6.18 Å². The molecule has 0 aromatic heterocycles. The predicted octanol–water partition coefficient (Wildman–Crippen LogP) is 3.80. The van der Waals surface area contributed by atoms with E-state index in [1.807, 2.05) is 12.1 Å². The lowest BCUT2D eigenvalue weighted by atomic mass is 10.1. The predicted molar refractivity (Wildman–Crippen MR) is 107 cm³/mol. The van der Waals surface area contributed by atoms with Crippen molar-refractivity contribution < 1.29 is 26.4 Å². The van der Waals surface area contributed by atoms with E-state index in [0.29, 0.717) is 0 Å². The number of hydrogen-bond acceptors (Lipinski definition) is 3. The lowest BCUT2D eigenvalue weighted by molar-refractivity contribution is -0.137. The van der Waals surface area contributed by atoms with E-state index in [4.69, 9.17) is 0 Å². The fourth-order valence-corrected chi connectivity index (χ4v) is 4.07. The minimum Gasteiger partial charge on any atom is -0.351 e. The van der Waals surface area contributed by atoms with Gasteiger partial charge in [-0.25, -0.2) is 8.42 Å². The van der Waals surface area contributed by atoms with Gasteiger partial charge in [-0.3, -0.25) is 4.79 Å². The van der Waals surface area contributed by atoms with Crippen LogP contribution >= 0.6 is 0 Å². The Balaban J connectivity index is 1.65. The Morgan fingerprint density at radius 3 is 2.37 bits per heavy atom. The molecular formula is C21H19F3N2O3S. The van der Waals surface area contributed by atoms with Crippen molar-refractivity contribution in [3.8, 4) is 0 Å². The number of carbonyl (C=O) groups excluding carboxylic acids is 1. The Labute approximate surface area is 172 Å². The van der Waals surface area contributed by atoms with Crippen molar-refractivity contribution in [2.75, 3.05) is 13.6 Å². The number of nitrogens with zero attached hydrogens (tertiary/aromatic N) is 1. The summed E-state index contributed by atoms with van der Waals surface area (Å²) in [6.07, 6.45) is -4.48. The first-order valence-corrected chi connectivity index (χ1v) is 10.4. The van der Waals surface area contributed by atoms with Crippen LogP contribution in [0.2, 0.25) is 0 Å². The molecule has 0 radical (unpaired) electrons. The van der Waals surface area contributed by atoms with Gasteiger partial charge < -0.3 is 5.32 Å². The molecule has 1 N–H and O–H groups in total. The number of nitrogens with one attached hydrogen (secondary N) is 1. The Morgan fingerprint density at radius 1 is 0.967 bits per heavy atom. The molecule has 3 rings (SSSR count). The molecule has 0 fully saturated rings. The van der Waals surface area contributed by atoms with E-state index in [9.17, 15) is 26.4 Å². The monoisotopic (exact) mass is 436 g/mol. The molecule has 0 heterocycles. The van der Waals surface area contributed by atoms with E-state index >= 15 is 0 Å². The van der Waals surface area contributed by atoms with Crippen LogP contribution in [0.1, 0.15) is 11.1 Å².